The standard InChI is InChI=1S/C12H8Cl/c13-12-8-6-11(7-9-12)10-4-2-1-3-5-10/h1-8H. The van der Waals surface area contributed by atoms with Crippen molar-refractivity contribution in [3.05, 3.63) is 59.6 Å². The summed E-state index contributed by atoms with van der Waals surface area (Å²) in [4.78, 5) is 0. The highest BCUT2D eigenvalue weighted by molar-refractivity contribution is 6.30. The second-order valence-electron chi connectivity index (χ2n) is 2.79. The monoisotopic (exact) mass is 187 g/mol. The highest BCUT2D eigenvalue weighted by Crippen LogP contribution is 2.20. The van der Waals surface area contributed by atoms with Crippen LogP contribution >= 0.6 is 11.6 Å². The summed E-state index contributed by atoms with van der Waals surface area (Å²) in [5.74, 6) is 0. The molecule has 0 N–H and O–H groups in total. The Morgan fingerprint density at radius 1 is 0.846 bits per heavy atom. The summed E-state index contributed by atoms with van der Waals surface area (Å²) in [6.45, 7) is 0. The highest BCUT2D eigenvalue weighted by atomic mass is 35.5. The maximum atomic E-state index is 5.74. The van der Waals surface area contributed by atoms with Crippen LogP contribution in [0.5, 0.6) is 0 Å². The summed E-state index contributed by atoms with van der Waals surface area (Å²) in [6.07, 6.45) is 0. The van der Waals surface area contributed by atoms with E-state index in [0.29, 0.717) is 5.02 Å². The van der Waals surface area contributed by atoms with Gasteiger partial charge in [-0.1, -0.05) is 48.0 Å². The number of rotatable bonds is 1. The van der Waals surface area contributed by atoms with E-state index in [2.05, 4.69) is 18.2 Å². The molecule has 0 amide bonds. The lowest BCUT2D eigenvalue weighted by molar-refractivity contribution is 1.61. The Hall–Kier alpha value is -1.27. The molecular weight excluding hydrogens is 180 g/mol. The fourth-order valence-corrected chi connectivity index (χ4v) is 1.33. The lowest BCUT2D eigenvalue weighted by Gasteiger charge is -1.99. The van der Waals surface area contributed by atoms with E-state index in [4.69, 9.17) is 11.6 Å². The van der Waals surface area contributed by atoms with E-state index in [9.17, 15) is 0 Å². The van der Waals surface area contributed by atoms with Gasteiger partial charge in [-0.25, -0.2) is 0 Å². The zero-order valence-electron chi connectivity index (χ0n) is 7.00. The van der Waals surface area contributed by atoms with Crippen molar-refractivity contribution in [3.8, 4) is 11.1 Å². The molecule has 0 saturated carbocycles. The van der Waals surface area contributed by atoms with Crippen LogP contribution in [0.2, 0.25) is 5.02 Å². The Bertz CT molecular complexity index is 376. The molecule has 13 heavy (non-hydrogen) atoms. The zero-order valence-corrected chi connectivity index (χ0v) is 7.75. The van der Waals surface area contributed by atoms with Gasteiger partial charge in [0.2, 0.25) is 0 Å². The number of hydrogen-bond donors (Lipinski definition) is 0. The molecule has 63 valence electrons. The van der Waals surface area contributed by atoms with Gasteiger partial charge in [-0.15, -0.1) is 0 Å². The van der Waals surface area contributed by atoms with E-state index in [0.717, 1.165) is 5.56 Å². The van der Waals surface area contributed by atoms with Crippen LogP contribution in [0.3, 0.4) is 0 Å². The molecule has 0 unspecified atom stereocenters. The summed E-state index contributed by atoms with van der Waals surface area (Å²) in [6, 6.07) is 18.9. The summed E-state index contributed by atoms with van der Waals surface area (Å²) < 4.78 is 0. The lowest BCUT2D eigenvalue weighted by atomic mass is 10.1. The van der Waals surface area contributed by atoms with Gasteiger partial charge in [0.1, 0.15) is 0 Å². The Morgan fingerprint density at radius 2 is 1.62 bits per heavy atom. The number of hydrogen-bond acceptors (Lipinski definition) is 0. The van der Waals surface area contributed by atoms with Crippen LogP contribution in [0, 0.1) is 6.07 Å². The van der Waals surface area contributed by atoms with Gasteiger partial charge in [0.15, 0.2) is 0 Å². The van der Waals surface area contributed by atoms with Gasteiger partial charge in [0.25, 0.3) is 0 Å². The molecule has 0 aliphatic carbocycles. The average Bonchev–Trinajstić information content (AvgIpc) is 2.20. The van der Waals surface area contributed by atoms with Crippen molar-refractivity contribution >= 4 is 11.6 Å². The normalized spacial score (nSPS) is 9.92. The Labute approximate surface area is 82.8 Å². The third-order valence-electron chi connectivity index (χ3n) is 1.88. The summed E-state index contributed by atoms with van der Waals surface area (Å²) in [5, 5.41) is 0.652. The average molecular weight is 188 g/mol. The summed E-state index contributed by atoms with van der Waals surface area (Å²) in [7, 11) is 0. The van der Waals surface area contributed by atoms with Crippen molar-refractivity contribution in [2.75, 3.05) is 0 Å². The molecule has 0 saturated heterocycles. The van der Waals surface area contributed by atoms with Crippen LogP contribution in [0.25, 0.3) is 11.1 Å². The minimum Gasteiger partial charge on any atom is -0.0837 e. The van der Waals surface area contributed by atoms with Crippen LogP contribution in [0.15, 0.2) is 48.5 Å². The maximum absolute atomic E-state index is 5.74. The highest BCUT2D eigenvalue weighted by Gasteiger charge is 1.94. The molecule has 0 aromatic heterocycles. The minimum absolute atomic E-state index is 0.652. The molecule has 2 aromatic carbocycles. The van der Waals surface area contributed by atoms with Crippen molar-refractivity contribution in [2.45, 2.75) is 0 Å². The lowest BCUT2D eigenvalue weighted by Crippen LogP contribution is -1.75. The Morgan fingerprint density at radius 3 is 2.23 bits per heavy atom. The molecule has 0 bridgehead atoms. The smallest absolute Gasteiger partial charge is 0.0485 e. The first-order valence-corrected chi connectivity index (χ1v) is 4.47. The molecule has 0 heterocycles. The SMILES string of the molecule is Clc1[c]cc(-c2ccccc2)cc1. The quantitative estimate of drug-likeness (QED) is 0.637. The van der Waals surface area contributed by atoms with Crippen molar-refractivity contribution < 1.29 is 0 Å². The minimum atomic E-state index is 0.652. The van der Waals surface area contributed by atoms with Gasteiger partial charge in [-0.3, -0.25) is 0 Å². The van der Waals surface area contributed by atoms with E-state index < -0.39 is 0 Å². The van der Waals surface area contributed by atoms with Gasteiger partial charge >= 0.3 is 0 Å². The Kier molecular flexibility index (Phi) is 2.33. The van der Waals surface area contributed by atoms with Crippen LogP contribution in [-0.4, -0.2) is 0 Å². The van der Waals surface area contributed by atoms with Crippen LogP contribution in [0.1, 0.15) is 0 Å². The fourth-order valence-electron chi connectivity index (χ4n) is 1.22. The van der Waals surface area contributed by atoms with E-state index in [1.54, 1.807) is 0 Å². The van der Waals surface area contributed by atoms with Crippen LogP contribution < -0.4 is 0 Å². The molecule has 2 rings (SSSR count). The molecule has 0 aliphatic heterocycles. The molecule has 0 aliphatic rings. The molecular formula is C12H8Cl. The van der Waals surface area contributed by atoms with Crippen molar-refractivity contribution in [1.82, 2.24) is 0 Å². The predicted octanol–water partition coefficient (Wildman–Crippen LogP) is 3.81. The van der Waals surface area contributed by atoms with E-state index >= 15 is 0 Å². The first-order chi connectivity index (χ1) is 6.36. The zero-order chi connectivity index (χ0) is 9.10. The van der Waals surface area contributed by atoms with E-state index in [1.165, 1.54) is 5.56 Å². The second kappa shape index (κ2) is 3.63. The number of halogens is 1. The van der Waals surface area contributed by atoms with Crippen LogP contribution in [-0.2, 0) is 0 Å². The molecule has 0 spiro atoms. The topological polar surface area (TPSA) is 0 Å². The van der Waals surface area contributed by atoms with Gasteiger partial charge < -0.3 is 0 Å². The van der Waals surface area contributed by atoms with E-state index in [-0.39, 0.29) is 0 Å². The molecule has 0 nitrogen and oxygen atoms in total. The Balaban J connectivity index is 2.42. The van der Waals surface area contributed by atoms with E-state index in [1.807, 2.05) is 36.4 Å². The third-order valence-corrected chi connectivity index (χ3v) is 2.12. The molecule has 2 aromatic rings. The van der Waals surface area contributed by atoms with Gasteiger partial charge in [0.05, 0.1) is 0 Å². The predicted molar refractivity (Wildman–Crippen MR) is 55.7 cm³/mol. The van der Waals surface area contributed by atoms with Crippen molar-refractivity contribution in [2.24, 2.45) is 0 Å². The number of benzene rings is 2. The molecule has 1 heteroatoms. The molecule has 0 fully saturated rings. The van der Waals surface area contributed by atoms with Gasteiger partial charge in [-0.2, -0.15) is 0 Å². The van der Waals surface area contributed by atoms with Gasteiger partial charge in [0, 0.05) is 11.1 Å². The second-order valence-corrected chi connectivity index (χ2v) is 3.20. The summed E-state index contributed by atoms with van der Waals surface area (Å²) in [5.41, 5.74) is 2.33. The first kappa shape index (κ1) is 8.33. The largest absolute Gasteiger partial charge is 0.0837 e. The fraction of sp³-hybridized carbons (Fsp3) is 0. The molecule has 0 atom stereocenters. The maximum Gasteiger partial charge on any atom is 0.0485 e. The van der Waals surface area contributed by atoms with Gasteiger partial charge in [-0.05, 0) is 23.3 Å². The first-order valence-electron chi connectivity index (χ1n) is 4.09. The van der Waals surface area contributed by atoms with Crippen LogP contribution in [0.4, 0.5) is 0 Å². The third kappa shape index (κ3) is 1.90. The van der Waals surface area contributed by atoms with Crippen molar-refractivity contribution in [1.29, 1.82) is 0 Å². The summed E-state index contributed by atoms with van der Waals surface area (Å²) >= 11 is 5.74. The molecule has 1 radical (unpaired) electrons. The van der Waals surface area contributed by atoms with Crippen molar-refractivity contribution in [3.63, 3.8) is 0 Å².